The van der Waals surface area contributed by atoms with Gasteiger partial charge in [0, 0.05) is 14.5 Å². The fraction of sp³-hybridized carbons (Fsp3) is 0.571. The Balaban J connectivity index is 3.12. The van der Waals surface area contributed by atoms with Crippen LogP contribution in [0.25, 0.3) is 0 Å². The average Bonchev–Trinajstić information content (AvgIpc) is 2.18. The fourth-order valence-electron chi connectivity index (χ4n) is 2.10. The smallest absolute Gasteiger partial charge is 0.407 e. The second-order valence-corrected chi connectivity index (χ2v) is 12.1. The van der Waals surface area contributed by atoms with Gasteiger partial charge in [-0.05, 0) is 24.3 Å². The number of hydrogen-bond donors (Lipinski definition) is 1. The molecule has 0 aliphatic carbocycles. The van der Waals surface area contributed by atoms with Gasteiger partial charge in [0.2, 0.25) is 0 Å². The minimum Gasteiger partial charge on any atom is -0.520 e. The van der Waals surface area contributed by atoms with Gasteiger partial charge in [0.15, 0.2) is 0 Å². The van der Waals surface area contributed by atoms with E-state index in [4.69, 9.17) is 4.43 Å². The molecule has 0 aromatic heterocycles. The summed E-state index contributed by atoms with van der Waals surface area (Å²) in [4.78, 5) is 11.1. The summed E-state index contributed by atoms with van der Waals surface area (Å²) in [7, 11) is -2.93. The van der Waals surface area contributed by atoms with Gasteiger partial charge in [0.1, 0.15) is 5.75 Å². The molecule has 0 saturated carbocycles. The fourth-order valence-corrected chi connectivity index (χ4v) is 5.71. The van der Waals surface area contributed by atoms with E-state index in [9.17, 15) is 4.80 Å². The summed E-state index contributed by atoms with van der Waals surface area (Å²) < 4.78 is 7.07. The molecule has 1 rings (SSSR count). The third-order valence-corrected chi connectivity index (χ3v) is 8.24. The van der Waals surface area contributed by atoms with Crippen molar-refractivity contribution in [1.29, 1.82) is 0 Å². The molecule has 0 atom stereocenters. The van der Waals surface area contributed by atoms with E-state index >= 15 is 0 Å². The number of benzene rings is 1. The Kier molecular flexibility index (Phi) is 4.36. The molecule has 0 aliphatic heterocycles. The van der Waals surface area contributed by atoms with Crippen molar-refractivity contribution in [2.75, 3.05) is 0 Å². The Morgan fingerprint density at radius 3 is 1.67 bits per heavy atom. The predicted molar refractivity (Wildman–Crippen MR) is 82.2 cm³/mol. The summed E-state index contributed by atoms with van der Waals surface area (Å²) >= 11 is 3.40. The molecule has 0 bridgehead atoms. The first-order valence-electron chi connectivity index (χ1n) is 6.14. The molecule has 4 heteroatoms. The third-order valence-electron chi connectivity index (χ3n) is 3.11. The summed E-state index contributed by atoms with van der Waals surface area (Å²) in [6.07, 6.45) is 0. The van der Waals surface area contributed by atoms with Crippen molar-refractivity contribution in [3.8, 4) is 5.75 Å². The van der Waals surface area contributed by atoms with E-state index in [1.165, 1.54) is 0 Å². The largest absolute Gasteiger partial charge is 0.520 e. The summed E-state index contributed by atoms with van der Waals surface area (Å²) in [5, 5.41) is -0.503. The lowest BCUT2D eigenvalue weighted by Crippen LogP contribution is -2.57. The first-order chi connectivity index (χ1) is 7.97. The molecule has 1 aromatic rings. The Bertz CT molecular complexity index is 387. The van der Waals surface area contributed by atoms with Gasteiger partial charge >= 0.3 is 8.56 Å². The monoisotopic (exact) mass is 330 g/mol. The second kappa shape index (κ2) is 4.98. The highest BCUT2D eigenvalue weighted by Gasteiger charge is 2.57. The van der Waals surface area contributed by atoms with Crippen LogP contribution in [-0.2, 0) is 0 Å². The molecule has 18 heavy (non-hydrogen) atoms. The third kappa shape index (κ3) is 3.16. The Hall–Kier alpha value is -0.323. The van der Waals surface area contributed by atoms with Crippen molar-refractivity contribution in [2.45, 2.75) is 51.6 Å². The highest BCUT2D eigenvalue weighted by Crippen LogP contribution is 2.49. The first kappa shape index (κ1) is 15.7. The van der Waals surface area contributed by atoms with Crippen LogP contribution in [0, 0.1) is 0 Å². The van der Waals surface area contributed by atoms with Gasteiger partial charge in [-0.25, -0.2) is 0 Å². The zero-order chi connectivity index (χ0) is 14.2. The quantitative estimate of drug-likeness (QED) is 0.784. The molecule has 1 aromatic carbocycles. The SMILES string of the molecule is CC(C)(C)[Si](O)(Oc1ccc(Br)cc1)C(C)(C)C. The van der Waals surface area contributed by atoms with E-state index in [-0.39, 0.29) is 10.1 Å². The maximum absolute atomic E-state index is 11.1. The van der Waals surface area contributed by atoms with Gasteiger partial charge in [0.05, 0.1) is 0 Å². The van der Waals surface area contributed by atoms with Gasteiger partial charge in [-0.3, -0.25) is 0 Å². The maximum Gasteiger partial charge on any atom is 0.407 e. The molecule has 102 valence electrons. The van der Waals surface area contributed by atoms with Gasteiger partial charge < -0.3 is 9.22 Å². The van der Waals surface area contributed by atoms with Crippen molar-refractivity contribution in [1.82, 2.24) is 0 Å². The van der Waals surface area contributed by atoms with E-state index in [0.29, 0.717) is 0 Å². The summed E-state index contributed by atoms with van der Waals surface area (Å²) in [5.41, 5.74) is 0. The van der Waals surface area contributed by atoms with Crippen LogP contribution in [0.3, 0.4) is 0 Å². The molecule has 2 nitrogen and oxygen atoms in total. The minimum absolute atomic E-state index is 0.252. The lowest BCUT2D eigenvalue weighted by atomic mass is 10.2. The molecule has 0 spiro atoms. The van der Waals surface area contributed by atoms with Crippen molar-refractivity contribution >= 4 is 24.5 Å². The normalized spacial score (nSPS) is 13.6. The highest BCUT2D eigenvalue weighted by atomic mass is 79.9. The molecule has 0 heterocycles. The molecule has 0 saturated heterocycles. The van der Waals surface area contributed by atoms with Crippen molar-refractivity contribution in [2.24, 2.45) is 0 Å². The Labute approximate surface area is 120 Å². The highest BCUT2D eigenvalue weighted by molar-refractivity contribution is 9.10. The Morgan fingerprint density at radius 1 is 0.944 bits per heavy atom. The van der Waals surface area contributed by atoms with Crippen molar-refractivity contribution in [3.63, 3.8) is 0 Å². The molecule has 0 radical (unpaired) electrons. The maximum atomic E-state index is 11.1. The summed E-state index contributed by atoms with van der Waals surface area (Å²) in [6.45, 7) is 12.3. The zero-order valence-corrected chi connectivity index (χ0v) is 14.6. The number of rotatable bonds is 2. The van der Waals surface area contributed by atoms with Gasteiger partial charge in [-0.15, -0.1) is 0 Å². The van der Waals surface area contributed by atoms with Crippen LogP contribution >= 0.6 is 15.9 Å². The van der Waals surface area contributed by atoms with E-state index in [2.05, 4.69) is 15.9 Å². The van der Waals surface area contributed by atoms with E-state index < -0.39 is 8.56 Å². The van der Waals surface area contributed by atoms with Gasteiger partial charge in [-0.1, -0.05) is 57.5 Å². The first-order valence-corrected chi connectivity index (χ1v) is 8.79. The lowest BCUT2D eigenvalue weighted by Gasteiger charge is -2.45. The van der Waals surface area contributed by atoms with Gasteiger partial charge in [0.25, 0.3) is 0 Å². The average molecular weight is 331 g/mol. The summed E-state index contributed by atoms with van der Waals surface area (Å²) in [5.74, 6) is 0.734. The van der Waals surface area contributed by atoms with Crippen molar-refractivity contribution in [3.05, 3.63) is 28.7 Å². The van der Waals surface area contributed by atoms with E-state index in [1.807, 2.05) is 65.8 Å². The molecular weight excluding hydrogens is 308 g/mol. The van der Waals surface area contributed by atoms with E-state index in [0.717, 1.165) is 10.2 Å². The second-order valence-electron chi connectivity index (χ2n) is 6.70. The van der Waals surface area contributed by atoms with Crippen LogP contribution < -0.4 is 4.43 Å². The van der Waals surface area contributed by atoms with Crippen LogP contribution in [0.5, 0.6) is 5.75 Å². The number of hydrogen-bond acceptors (Lipinski definition) is 2. The minimum atomic E-state index is -2.93. The predicted octanol–water partition coefficient (Wildman–Crippen LogP) is 4.86. The lowest BCUT2D eigenvalue weighted by molar-refractivity contribution is 0.284. The van der Waals surface area contributed by atoms with Gasteiger partial charge in [-0.2, -0.15) is 0 Å². The molecule has 0 aliphatic rings. The van der Waals surface area contributed by atoms with Crippen LogP contribution in [0.15, 0.2) is 28.7 Å². The molecule has 0 fully saturated rings. The van der Waals surface area contributed by atoms with Crippen LogP contribution in [-0.4, -0.2) is 13.4 Å². The summed E-state index contributed by atoms with van der Waals surface area (Å²) in [6, 6.07) is 7.63. The van der Waals surface area contributed by atoms with Crippen LogP contribution in [0.4, 0.5) is 0 Å². The van der Waals surface area contributed by atoms with E-state index in [1.54, 1.807) is 0 Å². The molecule has 0 amide bonds. The molecular formula is C14H23BrO2Si. The Morgan fingerprint density at radius 2 is 1.33 bits per heavy atom. The topological polar surface area (TPSA) is 29.5 Å². The molecule has 0 unspecified atom stereocenters. The van der Waals surface area contributed by atoms with Crippen LogP contribution in [0.1, 0.15) is 41.5 Å². The zero-order valence-electron chi connectivity index (χ0n) is 12.0. The van der Waals surface area contributed by atoms with Crippen LogP contribution in [0.2, 0.25) is 10.1 Å². The number of halogens is 1. The standard InChI is InChI=1S/C14H23BrO2Si/c1-13(2,3)18(16,14(4,5)6)17-12-9-7-11(15)8-10-12/h7-10,16H,1-6H3. The molecule has 1 N–H and O–H groups in total. The van der Waals surface area contributed by atoms with Crippen molar-refractivity contribution < 1.29 is 9.22 Å².